The Bertz CT molecular complexity index is 423. The number of hydrogen-bond acceptors (Lipinski definition) is 1. The number of aromatic amines is 1. The normalized spacial score (nSPS) is 9.60. The Balaban J connectivity index is 0.000000711. The minimum Gasteiger partial charge on any atom is -0.497 e. The quantitative estimate of drug-likeness (QED) is 0.790. The van der Waals surface area contributed by atoms with E-state index >= 15 is 0 Å². The summed E-state index contributed by atoms with van der Waals surface area (Å²) >= 11 is 0. The van der Waals surface area contributed by atoms with E-state index in [1.54, 1.807) is 7.11 Å². The molecule has 0 aliphatic carbocycles. The minimum absolute atomic E-state index is 0. The second-order valence-corrected chi connectivity index (χ2v) is 3.08. The Hall–Kier alpha value is -1.44. The molecule has 2 aromatic rings. The van der Waals surface area contributed by atoms with Crippen LogP contribution >= 0.6 is 0 Å². The van der Waals surface area contributed by atoms with E-state index in [2.05, 4.69) is 24.2 Å². The van der Waals surface area contributed by atoms with Crippen molar-refractivity contribution in [3.05, 3.63) is 30.0 Å². The number of methoxy groups -OCH3 is 1. The van der Waals surface area contributed by atoms with Gasteiger partial charge in [-0.15, -0.1) is 0 Å². The van der Waals surface area contributed by atoms with Gasteiger partial charge >= 0.3 is 0 Å². The molecule has 0 saturated carbocycles. The van der Waals surface area contributed by atoms with Gasteiger partial charge in [0, 0.05) is 24.6 Å². The molecule has 1 aromatic carbocycles. The molecular weight excluding hydrogens is 186 g/mol. The number of nitrogens with one attached hydrogen (secondary N) is 1. The van der Waals surface area contributed by atoms with Gasteiger partial charge in [-0.3, -0.25) is 0 Å². The van der Waals surface area contributed by atoms with Crippen molar-refractivity contribution < 1.29 is 6.16 Å². The Morgan fingerprint density at radius 2 is 2.07 bits per heavy atom. The molecule has 0 aliphatic heterocycles. The third-order valence-electron chi connectivity index (χ3n) is 2.36. The predicted molar refractivity (Wildman–Crippen MR) is 67.7 cm³/mol. The van der Waals surface area contributed by atoms with Gasteiger partial charge in [0.05, 0.1) is 7.11 Å². The van der Waals surface area contributed by atoms with Crippen molar-refractivity contribution in [2.75, 3.05) is 7.11 Å². The van der Waals surface area contributed by atoms with Crippen LogP contribution in [0.3, 0.4) is 0 Å². The molecule has 0 spiro atoms. The third-order valence-corrected chi connectivity index (χ3v) is 2.36. The molecule has 1 N–H and O–H groups in total. The van der Waals surface area contributed by atoms with Crippen molar-refractivity contribution in [1.29, 1.82) is 0 Å². The van der Waals surface area contributed by atoms with E-state index < -0.39 is 0 Å². The number of benzene rings is 1. The molecule has 15 heavy (non-hydrogen) atoms. The minimum atomic E-state index is 0. The van der Waals surface area contributed by atoms with Gasteiger partial charge < -0.3 is 9.72 Å². The lowest BCUT2D eigenvalue weighted by Gasteiger charge is -1.99. The lowest BCUT2D eigenvalue weighted by atomic mass is 10.1. The number of rotatable bonds is 2. The average Bonchev–Trinajstić information content (AvgIpc) is 2.73. The van der Waals surface area contributed by atoms with Crippen LogP contribution in [0.5, 0.6) is 5.75 Å². The number of hydrogen-bond donors (Lipinski definition) is 1. The fourth-order valence-corrected chi connectivity index (χ4v) is 1.58. The van der Waals surface area contributed by atoms with Gasteiger partial charge in [-0.2, -0.15) is 0 Å². The summed E-state index contributed by atoms with van der Waals surface area (Å²) in [6, 6.07) is 6.12. The second kappa shape index (κ2) is 5.44. The van der Waals surface area contributed by atoms with Crippen LogP contribution in [-0.4, -0.2) is 12.1 Å². The molecule has 0 radical (unpaired) electrons. The monoisotopic (exact) mass is 207 g/mol. The Morgan fingerprint density at radius 3 is 2.67 bits per heavy atom. The lowest BCUT2D eigenvalue weighted by Crippen LogP contribution is -1.81. The number of fused-ring (bicyclic) bond motifs is 1. The first-order valence-corrected chi connectivity index (χ1v) is 5.49. The van der Waals surface area contributed by atoms with E-state index in [1.807, 2.05) is 26.0 Å². The molecule has 0 unspecified atom stereocenters. The van der Waals surface area contributed by atoms with Crippen LogP contribution in [0.1, 0.15) is 27.8 Å². The maximum atomic E-state index is 5.15. The zero-order valence-electron chi connectivity index (χ0n) is 9.92. The molecule has 0 atom stereocenters. The van der Waals surface area contributed by atoms with Crippen molar-refractivity contribution in [2.24, 2.45) is 0 Å². The molecule has 2 rings (SSSR count). The molecule has 2 nitrogen and oxygen atoms in total. The molecule has 1 heterocycles. The van der Waals surface area contributed by atoms with Gasteiger partial charge in [-0.1, -0.05) is 20.8 Å². The van der Waals surface area contributed by atoms with E-state index in [9.17, 15) is 0 Å². The maximum Gasteiger partial charge on any atom is 0.120 e. The van der Waals surface area contributed by atoms with Gasteiger partial charge in [0.2, 0.25) is 0 Å². The second-order valence-electron chi connectivity index (χ2n) is 3.08. The van der Waals surface area contributed by atoms with Crippen LogP contribution < -0.4 is 4.74 Å². The van der Waals surface area contributed by atoms with Crippen molar-refractivity contribution in [2.45, 2.75) is 27.2 Å². The van der Waals surface area contributed by atoms with Crippen molar-refractivity contribution in [3.63, 3.8) is 0 Å². The summed E-state index contributed by atoms with van der Waals surface area (Å²) in [7, 11) is 1.69. The predicted octanol–water partition coefficient (Wildman–Crippen LogP) is 4.01. The van der Waals surface area contributed by atoms with Crippen LogP contribution in [0.25, 0.3) is 10.9 Å². The molecule has 1 aromatic heterocycles. The molecule has 0 fully saturated rings. The van der Waals surface area contributed by atoms with E-state index in [4.69, 9.17) is 4.74 Å². The Kier molecular flexibility index (Phi) is 4.22. The van der Waals surface area contributed by atoms with Gasteiger partial charge in [-0.05, 0) is 24.1 Å². The molecule has 0 saturated heterocycles. The third kappa shape index (κ3) is 2.32. The summed E-state index contributed by atoms with van der Waals surface area (Å²) < 4.78 is 5.15. The highest BCUT2D eigenvalue weighted by Crippen LogP contribution is 2.23. The van der Waals surface area contributed by atoms with Crippen LogP contribution in [0.2, 0.25) is 0 Å². The van der Waals surface area contributed by atoms with Gasteiger partial charge in [0.25, 0.3) is 0 Å². The number of aryl methyl sites for hydroxylation is 1. The molecule has 2 heteroatoms. The Labute approximate surface area is 92.8 Å². The van der Waals surface area contributed by atoms with Crippen molar-refractivity contribution in [1.82, 2.24) is 4.98 Å². The summed E-state index contributed by atoms with van der Waals surface area (Å²) in [5, 5.41) is 1.29. The smallest absolute Gasteiger partial charge is 0.120 e. The first-order chi connectivity index (χ1) is 7.35. The fourth-order valence-electron chi connectivity index (χ4n) is 1.58. The lowest BCUT2D eigenvalue weighted by molar-refractivity contribution is 0.415. The summed E-state index contributed by atoms with van der Waals surface area (Å²) in [6.07, 6.45) is 3.12. The van der Waals surface area contributed by atoms with E-state index in [1.165, 1.54) is 10.9 Å². The topological polar surface area (TPSA) is 25.0 Å². The van der Waals surface area contributed by atoms with Crippen molar-refractivity contribution >= 4 is 10.9 Å². The van der Waals surface area contributed by atoms with Crippen molar-refractivity contribution in [3.8, 4) is 5.75 Å². The van der Waals surface area contributed by atoms with Gasteiger partial charge in [0.15, 0.2) is 0 Å². The molecule has 0 aliphatic rings. The highest BCUT2D eigenvalue weighted by molar-refractivity contribution is 5.84. The first kappa shape index (κ1) is 11.6. The van der Waals surface area contributed by atoms with E-state index in [0.29, 0.717) is 0 Å². The van der Waals surface area contributed by atoms with Gasteiger partial charge in [-0.25, -0.2) is 0 Å². The first-order valence-electron chi connectivity index (χ1n) is 5.49. The fraction of sp³-hybridized carbons (Fsp3) is 0.385. The highest BCUT2D eigenvalue weighted by Gasteiger charge is 2.01. The van der Waals surface area contributed by atoms with Crippen LogP contribution in [0, 0.1) is 0 Å². The highest BCUT2D eigenvalue weighted by atomic mass is 16.5. The van der Waals surface area contributed by atoms with E-state index in [0.717, 1.165) is 17.7 Å². The number of H-pyrrole nitrogens is 1. The standard InChI is InChI=1S/C11H13NO.C2H6.H2/c1-3-8-7-12-11-6-9(13-2)4-5-10(8)11;1-2;/h4-7,12H,3H2,1-2H3;1-2H3;1H. The van der Waals surface area contributed by atoms with E-state index in [-0.39, 0.29) is 1.43 Å². The van der Waals surface area contributed by atoms with Crippen LogP contribution in [0.15, 0.2) is 24.4 Å². The van der Waals surface area contributed by atoms with Crippen LogP contribution in [0.4, 0.5) is 0 Å². The maximum absolute atomic E-state index is 5.15. The number of ether oxygens (including phenoxy) is 1. The Morgan fingerprint density at radius 1 is 1.33 bits per heavy atom. The summed E-state index contributed by atoms with van der Waals surface area (Å²) in [5.41, 5.74) is 2.51. The zero-order valence-corrected chi connectivity index (χ0v) is 9.92. The largest absolute Gasteiger partial charge is 0.497 e. The molecule has 0 bridgehead atoms. The average molecular weight is 207 g/mol. The molecule has 0 amide bonds. The van der Waals surface area contributed by atoms with Crippen LogP contribution in [-0.2, 0) is 6.42 Å². The number of aromatic nitrogens is 1. The zero-order chi connectivity index (χ0) is 11.3. The van der Waals surface area contributed by atoms with Gasteiger partial charge in [0.1, 0.15) is 5.75 Å². The summed E-state index contributed by atoms with van der Waals surface area (Å²) in [4.78, 5) is 3.23. The summed E-state index contributed by atoms with van der Waals surface area (Å²) in [5.74, 6) is 0.900. The molecular formula is C13H21NO. The SMILES string of the molecule is CC.CCc1c[nH]c2cc(OC)ccc12.[HH]. The molecule has 84 valence electrons. The summed E-state index contributed by atoms with van der Waals surface area (Å²) in [6.45, 7) is 6.16.